The van der Waals surface area contributed by atoms with Gasteiger partial charge >= 0.3 is 0 Å². The number of nitrogens with zero attached hydrogens (tertiary/aromatic N) is 1. The van der Waals surface area contributed by atoms with Crippen LogP contribution >= 0.6 is 7.82 Å². The van der Waals surface area contributed by atoms with E-state index < -0.39 is 26.6 Å². The summed E-state index contributed by atoms with van der Waals surface area (Å²) in [6.45, 7) is 4.40. The first-order valence-corrected chi connectivity index (χ1v) is 20.3. The summed E-state index contributed by atoms with van der Waals surface area (Å²) in [4.78, 5) is 25.1. The van der Waals surface area contributed by atoms with Crippen LogP contribution in [0.3, 0.4) is 0 Å². The standard InChI is InChI=1S/C40H71N2O6P/c1-6-8-10-12-14-16-18-20-21-22-24-26-28-30-32-34-40(44)41-38(37-48-49(45,46)47-36-35-42(3,4)5)39(43)33-31-29-27-25-23-19-17-15-13-11-9-7-2/h8,10,14,16,20-21,24,26,30-33,38-39,43H,6-7,9,11-13,15,17-19,22-23,25,27-29,34-37H2,1-5H3,(H-,41,44,45,46)/b10-8-,16-14-,21-20-,26-24-,32-30-,33-31+. The number of aliphatic hydroxyl groups is 1. The minimum absolute atomic E-state index is 0.0211. The van der Waals surface area contributed by atoms with Gasteiger partial charge in [-0.15, -0.1) is 0 Å². The van der Waals surface area contributed by atoms with Crippen LogP contribution in [-0.4, -0.2) is 68.5 Å². The average molecular weight is 707 g/mol. The molecule has 49 heavy (non-hydrogen) atoms. The Labute approximate surface area is 300 Å². The van der Waals surface area contributed by atoms with Crippen LogP contribution in [0.25, 0.3) is 0 Å². The summed E-state index contributed by atoms with van der Waals surface area (Å²) in [7, 11) is 1.19. The van der Waals surface area contributed by atoms with Gasteiger partial charge in [-0.3, -0.25) is 9.36 Å². The Kier molecular flexibility index (Phi) is 30.5. The highest BCUT2D eigenvalue weighted by Crippen LogP contribution is 2.38. The van der Waals surface area contributed by atoms with Crippen LogP contribution in [0.1, 0.15) is 123 Å². The molecule has 0 spiro atoms. The summed E-state index contributed by atoms with van der Waals surface area (Å²) in [6, 6.07) is -0.941. The monoisotopic (exact) mass is 707 g/mol. The van der Waals surface area contributed by atoms with E-state index >= 15 is 0 Å². The minimum Gasteiger partial charge on any atom is -0.756 e. The molecule has 282 valence electrons. The van der Waals surface area contributed by atoms with Crippen molar-refractivity contribution in [2.45, 2.75) is 135 Å². The topological polar surface area (TPSA) is 108 Å². The van der Waals surface area contributed by atoms with Crippen LogP contribution in [0.15, 0.2) is 72.9 Å². The number of allylic oxidation sites excluding steroid dienone is 10. The Morgan fingerprint density at radius 3 is 1.73 bits per heavy atom. The van der Waals surface area contributed by atoms with Crippen LogP contribution in [0.5, 0.6) is 0 Å². The van der Waals surface area contributed by atoms with E-state index in [1.165, 1.54) is 51.4 Å². The third kappa shape index (κ3) is 34.2. The van der Waals surface area contributed by atoms with E-state index in [-0.39, 0.29) is 18.9 Å². The van der Waals surface area contributed by atoms with Gasteiger partial charge in [0.1, 0.15) is 13.2 Å². The highest BCUT2D eigenvalue weighted by Gasteiger charge is 2.22. The molecule has 0 saturated heterocycles. The number of amides is 1. The van der Waals surface area contributed by atoms with Gasteiger partial charge in [-0.1, -0.05) is 145 Å². The summed E-state index contributed by atoms with van der Waals surface area (Å²) < 4.78 is 23.0. The normalized spacial score (nSPS) is 15.5. The van der Waals surface area contributed by atoms with E-state index in [1.54, 1.807) is 12.2 Å². The molecule has 0 aliphatic carbocycles. The van der Waals surface area contributed by atoms with Gasteiger partial charge in [0, 0.05) is 6.42 Å². The zero-order valence-corrected chi connectivity index (χ0v) is 32.5. The number of unbranched alkanes of at least 4 members (excludes halogenated alkanes) is 10. The smallest absolute Gasteiger partial charge is 0.268 e. The molecule has 3 atom stereocenters. The van der Waals surface area contributed by atoms with Crippen molar-refractivity contribution in [2.75, 3.05) is 40.9 Å². The average Bonchev–Trinajstić information content (AvgIpc) is 3.04. The Bertz CT molecular complexity index is 1030. The number of aliphatic hydroxyl groups excluding tert-OH is 1. The lowest BCUT2D eigenvalue weighted by Gasteiger charge is -2.29. The fraction of sp³-hybridized carbons (Fsp3) is 0.675. The molecule has 0 aliphatic heterocycles. The molecule has 0 saturated carbocycles. The number of hydrogen-bond donors (Lipinski definition) is 2. The van der Waals surface area contributed by atoms with Gasteiger partial charge in [-0.05, 0) is 44.9 Å². The van der Waals surface area contributed by atoms with Gasteiger partial charge in [0.05, 0.1) is 39.9 Å². The number of carbonyl (C=O) groups excluding carboxylic acids is 1. The van der Waals surface area contributed by atoms with Crippen LogP contribution < -0.4 is 10.2 Å². The Balaban J connectivity index is 4.73. The first-order valence-electron chi connectivity index (χ1n) is 18.8. The molecular weight excluding hydrogens is 635 g/mol. The summed E-state index contributed by atoms with van der Waals surface area (Å²) >= 11 is 0. The van der Waals surface area contributed by atoms with E-state index in [4.69, 9.17) is 9.05 Å². The Morgan fingerprint density at radius 1 is 0.735 bits per heavy atom. The van der Waals surface area contributed by atoms with Gasteiger partial charge in [0.2, 0.25) is 5.91 Å². The van der Waals surface area contributed by atoms with Gasteiger partial charge in [0.15, 0.2) is 0 Å². The molecule has 9 heteroatoms. The number of quaternary nitrogens is 1. The molecule has 0 aliphatic rings. The highest BCUT2D eigenvalue weighted by atomic mass is 31.2. The van der Waals surface area contributed by atoms with Crippen molar-refractivity contribution >= 4 is 13.7 Å². The molecule has 0 bridgehead atoms. The molecule has 3 unspecified atom stereocenters. The minimum atomic E-state index is -4.61. The van der Waals surface area contributed by atoms with Crippen molar-refractivity contribution in [3.63, 3.8) is 0 Å². The van der Waals surface area contributed by atoms with Crippen molar-refractivity contribution in [3.8, 4) is 0 Å². The van der Waals surface area contributed by atoms with Crippen LogP contribution in [0.4, 0.5) is 0 Å². The third-order valence-corrected chi connectivity index (χ3v) is 8.67. The van der Waals surface area contributed by atoms with Gasteiger partial charge in [0.25, 0.3) is 7.82 Å². The first-order chi connectivity index (χ1) is 23.5. The third-order valence-electron chi connectivity index (χ3n) is 7.70. The van der Waals surface area contributed by atoms with Crippen LogP contribution in [0.2, 0.25) is 0 Å². The first kappa shape index (κ1) is 46.9. The second kappa shape index (κ2) is 31.9. The maximum absolute atomic E-state index is 12.7. The van der Waals surface area contributed by atoms with Crippen molar-refractivity contribution in [1.82, 2.24) is 5.32 Å². The number of nitrogens with one attached hydrogen (secondary N) is 1. The lowest BCUT2D eigenvalue weighted by atomic mass is 10.1. The Hall–Kier alpha value is -2.06. The molecule has 1 amide bonds. The van der Waals surface area contributed by atoms with Crippen molar-refractivity contribution < 1.29 is 32.9 Å². The largest absolute Gasteiger partial charge is 0.756 e. The number of hydrogen-bond acceptors (Lipinski definition) is 6. The van der Waals surface area contributed by atoms with E-state index in [0.29, 0.717) is 17.4 Å². The number of phosphoric acid groups is 1. The fourth-order valence-corrected chi connectivity index (χ4v) is 5.41. The predicted octanol–water partition coefficient (Wildman–Crippen LogP) is 9.05. The number of rotatable bonds is 32. The molecule has 0 heterocycles. The van der Waals surface area contributed by atoms with Crippen molar-refractivity contribution in [2.24, 2.45) is 0 Å². The number of phosphoric ester groups is 1. The van der Waals surface area contributed by atoms with Crippen LogP contribution in [0, 0.1) is 0 Å². The summed E-state index contributed by atoms with van der Waals surface area (Å²) in [6.07, 6.45) is 41.2. The lowest BCUT2D eigenvalue weighted by molar-refractivity contribution is -0.870. The van der Waals surface area contributed by atoms with Gasteiger partial charge < -0.3 is 28.8 Å². The molecule has 0 fully saturated rings. The summed E-state index contributed by atoms with van der Waals surface area (Å²) in [5.41, 5.74) is 0. The van der Waals surface area contributed by atoms with E-state index in [0.717, 1.165) is 44.9 Å². The van der Waals surface area contributed by atoms with Crippen molar-refractivity contribution in [3.05, 3.63) is 72.9 Å². The van der Waals surface area contributed by atoms with Crippen LogP contribution in [-0.2, 0) is 18.4 Å². The number of carbonyl (C=O) groups is 1. The zero-order chi connectivity index (χ0) is 36.5. The Morgan fingerprint density at radius 2 is 1.22 bits per heavy atom. The SMILES string of the molecule is CC/C=C\C/C=C\C/C=C\C/C=C\C/C=C\CC(=O)NC(COP(=O)([O-])OCC[N+](C)(C)C)C(O)/C=C/CCCCCCCCCCCC. The molecule has 0 aromatic heterocycles. The molecule has 0 aromatic rings. The molecule has 2 N–H and O–H groups in total. The van der Waals surface area contributed by atoms with E-state index in [1.807, 2.05) is 39.4 Å². The lowest BCUT2D eigenvalue weighted by Crippen LogP contribution is -2.45. The second-order valence-electron chi connectivity index (χ2n) is 13.6. The quantitative estimate of drug-likeness (QED) is 0.0313. The van der Waals surface area contributed by atoms with Crippen molar-refractivity contribution in [1.29, 1.82) is 0 Å². The molecule has 0 aromatic carbocycles. The van der Waals surface area contributed by atoms with E-state index in [9.17, 15) is 19.4 Å². The second-order valence-corrected chi connectivity index (χ2v) is 15.0. The van der Waals surface area contributed by atoms with E-state index in [2.05, 4.69) is 61.7 Å². The fourth-order valence-electron chi connectivity index (χ4n) is 4.69. The highest BCUT2D eigenvalue weighted by molar-refractivity contribution is 7.45. The maximum atomic E-state index is 12.7. The predicted molar refractivity (Wildman–Crippen MR) is 205 cm³/mol. The maximum Gasteiger partial charge on any atom is 0.268 e. The zero-order valence-electron chi connectivity index (χ0n) is 31.6. The van der Waals surface area contributed by atoms with Gasteiger partial charge in [-0.2, -0.15) is 0 Å². The number of likely N-dealkylation sites (N-methyl/N-ethyl adjacent to an activating group) is 1. The molecule has 8 nitrogen and oxygen atoms in total. The summed E-state index contributed by atoms with van der Waals surface area (Å²) in [5.74, 6) is -0.330. The summed E-state index contributed by atoms with van der Waals surface area (Å²) in [5, 5.41) is 13.6. The molecule has 0 rings (SSSR count). The molecule has 0 radical (unpaired) electrons. The van der Waals surface area contributed by atoms with Gasteiger partial charge in [-0.25, -0.2) is 0 Å². The molecular formula is C40H71N2O6P.